The van der Waals surface area contributed by atoms with Crippen LogP contribution in [0.15, 0.2) is 30.9 Å². The number of aryl methyl sites for hydroxylation is 1. The standard InChI is InChI=1S/C11H12ClN9/c12-9-16-10(13-3-1-6-20-8-5-14-19-20)18-11(17-9)21-7-2-4-15-21/h2,4-5,7-8H,1,3,6H2,(H,13,16,17,18). The molecule has 9 nitrogen and oxygen atoms in total. The molecule has 0 saturated heterocycles. The van der Waals surface area contributed by atoms with Gasteiger partial charge in [-0.15, -0.1) is 5.10 Å². The molecule has 0 unspecified atom stereocenters. The van der Waals surface area contributed by atoms with Crippen LogP contribution in [0.1, 0.15) is 6.42 Å². The Morgan fingerprint density at radius 1 is 1.14 bits per heavy atom. The second-order valence-corrected chi connectivity index (χ2v) is 4.46. The molecule has 0 atom stereocenters. The van der Waals surface area contributed by atoms with E-state index in [1.807, 2.05) is 6.20 Å². The first-order valence-corrected chi connectivity index (χ1v) is 6.68. The molecular weight excluding hydrogens is 294 g/mol. The molecule has 10 heteroatoms. The lowest BCUT2D eigenvalue weighted by Crippen LogP contribution is -2.12. The van der Waals surface area contributed by atoms with Crippen molar-refractivity contribution in [1.82, 2.24) is 39.7 Å². The average molecular weight is 306 g/mol. The third-order valence-electron chi connectivity index (χ3n) is 2.62. The molecule has 0 amide bonds. The Labute approximate surface area is 125 Å². The Morgan fingerprint density at radius 2 is 2.10 bits per heavy atom. The fraction of sp³-hybridized carbons (Fsp3) is 0.273. The number of hydrogen-bond acceptors (Lipinski definition) is 7. The molecule has 0 radical (unpaired) electrons. The van der Waals surface area contributed by atoms with Crippen molar-refractivity contribution in [3.63, 3.8) is 0 Å². The van der Waals surface area contributed by atoms with Crippen LogP contribution in [-0.2, 0) is 6.54 Å². The van der Waals surface area contributed by atoms with Gasteiger partial charge in [0.05, 0.1) is 6.20 Å². The van der Waals surface area contributed by atoms with Crippen molar-refractivity contribution in [1.29, 1.82) is 0 Å². The van der Waals surface area contributed by atoms with E-state index in [2.05, 4.69) is 35.7 Å². The maximum atomic E-state index is 5.90. The van der Waals surface area contributed by atoms with Gasteiger partial charge in [0.2, 0.25) is 11.2 Å². The Bertz CT molecular complexity index is 680. The molecule has 21 heavy (non-hydrogen) atoms. The van der Waals surface area contributed by atoms with Crippen molar-refractivity contribution >= 4 is 17.5 Å². The van der Waals surface area contributed by atoms with Gasteiger partial charge in [-0.25, -0.2) is 4.68 Å². The maximum Gasteiger partial charge on any atom is 0.256 e. The number of hydrogen-bond donors (Lipinski definition) is 1. The Morgan fingerprint density at radius 3 is 2.86 bits per heavy atom. The minimum absolute atomic E-state index is 0.120. The summed E-state index contributed by atoms with van der Waals surface area (Å²) < 4.78 is 3.28. The van der Waals surface area contributed by atoms with E-state index in [1.165, 1.54) is 4.68 Å². The fourth-order valence-electron chi connectivity index (χ4n) is 1.70. The second kappa shape index (κ2) is 6.27. The van der Waals surface area contributed by atoms with Crippen molar-refractivity contribution in [3.8, 4) is 5.95 Å². The van der Waals surface area contributed by atoms with Crippen LogP contribution < -0.4 is 5.32 Å². The summed E-state index contributed by atoms with van der Waals surface area (Å²) in [6, 6.07) is 1.78. The highest BCUT2D eigenvalue weighted by atomic mass is 35.5. The van der Waals surface area contributed by atoms with E-state index in [-0.39, 0.29) is 5.28 Å². The quantitative estimate of drug-likeness (QED) is 0.672. The molecule has 3 aromatic heterocycles. The lowest BCUT2D eigenvalue weighted by atomic mass is 10.4. The van der Waals surface area contributed by atoms with Crippen LogP contribution in [0.2, 0.25) is 5.28 Å². The van der Waals surface area contributed by atoms with Gasteiger partial charge < -0.3 is 5.32 Å². The maximum absolute atomic E-state index is 5.90. The molecule has 0 aliphatic carbocycles. The van der Waals surface area contributed by atoms with Crippen LogP contribution in [-0.4, -0.2) is 46.3 Å². The van der Waals surface area contributed by atoms with Gasteiger partial charge in [-0.05, 0) is 24.1 Å². The van der Waals surface area contributed by atoms with Crippen molar-refractivity contribution in [2.75, 3.05) is 11.9 Å². The topological polar surface area (TPSA) is 99.2 Å². The smallest absolute Gasteiger partial charge is 0.256 e. The minimum Gasteiger partial charge on any atom is -0.354 e. The third kappa shape index (κ3) is 3.51. The molecule has 0 bridgehead atoms. The van der Waals surface area contributed by atoms with Crippen molar-refractivity contribution < 1.29 is 0 Å². The van der Waals surface area contributed by atoms with Crippen LogP contribution in [0.25, 0.3) is 5.95 Å². The lowest BCUT2D eigenvalue weighted by Gasteiger charge is -2.06. The summed E-state index contributed by atoms with van der Waals surface area (Å²) in [4.78, 5) is 12.3. The largest absolute Gasteiger partial charge is 0.354 e. The molecule has 108 valence electrons. The van der Waals surface area contributed by atoms with Crippen LogP contribution >= 0.6 is 11.6 Å². The number of nitrogens with one attached hydrogen (secondary N) is 1. The predicted octanol–water partition coefficient (Wildman–Crippen LogP) is 0.804. The van der Waals surface area contributed by atoms with Crippen molar-refractivity contribution in [2.45, 2.75) is 13.0 Å². The van der Waals surface area contributed by atoms with Gasteiger partial charge in [-0.3, -0.25) is 4.68 Å². The number of rotatable bonds is 6. The second-order valence-electron chi connectivity index (χ2n) is 4.13. The van der Waals surface area contributed by atoms with Gasteiger partial charge in [-0.1, -0.05) is 5.21 Å². The molecule has 0 spiro atoms. The number of anilines is 1. The van der Waals surface area contributed by atoms with Gasteiger partial charge in [0.25, 0.3) is 5.95 Å². The van der Waals surface area contributed by atoms with Crippen LogP contribution in [0.3, 0.4) is 0 Å². The summed E-state index contributed by atoms with van der Waals surface area (Å²) in [6.07, 6.45) is 7.69. The normalized spacial score (nSPS) is 10.7. The molecule has 0 fully saturated rings. The number of aromatic nitrogens is 8. The van der Waals surface area contributed by atoms with E-state index in [0.29, 0.717) is 18.4 Å². The Hall–Kier alpha value is -2.55. The lowest BCUT2D eigenvalue weighted by molar-refractivity contribution is 0.569. The zero-order valence-corrected chi connectivity index (χ0v) is 11.7. The molecule has 1 N–H and O–H groups in total. The van der Waals surface area contributed by atoms with Gasteiger partial charge >= 0.3 is 0 Å². The third-order valence-corrected chi connectivity index (χ3v) is 2.79. The molecule has 0 saturated carbocycles. The molecule has 3 heterocycles. The predicted molar refractivity (Wildman–Crippen MR) is 75.1 cm³/mol. The molecule has 0 aliphatic rings. The summed E-state index contributed by atoms with van der Waals surface area (Å²) in [5.74, 6) is 0.790. The number of nitrogens with zero attached hydrogens (tertiary/aromatic N) is 8. The summed E-state index contributed by atoms with van der Waals surface area (Å²) >= 11 is 5.90. The van der Waals surface area contributed by atoms with E-state index in [1.54, 1.807) is 29.3 Å². The van der Waals surface area contributed by atoms with Crippen molar-refractivity contribution in [3.05, 3.63) is 36.1 Å². The van der Waals surface area contributed by atoms with Crippen LogP contribution in [0, 0.1) is 0 Å². The van der Waals surface area contributed by atoms with Crippen molar-refractivity contribution in [2.24, 2.45) is 0 Å². The highest BCUT2D eigenvalue weighted by Crippen LogP contribution is 2.08. The van der Waals surface area contributed by atoms with Gasteiger partial charge in [0.15, 0.2) is 0 Å². The van der Waals surface area contributed by atoms with Crippen LogP contribution in [0.4, 0.5) is 5.95 Å². The highest BCUT2D eigenvalue weighted by Gasteiger charge is 2.06. The molecule has 3 aromatic rings. The van der Waals surface area contributed by atoms with E-state index in [4.69, 9.17) is 11.6 Å². The molecule has 0 aromatic carbocycles. The highest BCUT2D eigenvalue weighted by molar-refractivity contribution is 6.28. The Kier molecular flexibility index (Phi) is 4.01. The van der Waals surface area contributed by atoms with Gasteiger partial charge in [-0.2, -0.15) is 20.1 Å². The summed E-state index contributed by atoms with van der Waals surface area (Å²) in [6.45, 7) is 1.44. The zero-order chi connectivity index (χ0) is 14.5. The zero-order valence-electron chi connectivity index (χ0n) is 11.0. The van der Waals surface area contributed by atoms with Gasteiger partial charge in [0, 0.05) is 31.7 Å². The summed E-state index contributed by atoms with van der Waals surface area (Å²) in [7, 11) is 0. The first-order chi connectivity index (χ1) is 10.3. The molecular formula is C11H12ClN9. The Balaban J connectivity index is 1.60. The molecule has 0 aliphatic heterocycles. The fourth-order valence-corrected chi connectivity index (χ4v) is 1.86. The van der Waals surface area contributed by atoms with E-state index in [9.17, 15) is 0 Å². The molecule has 3 rings (SSSR count). The van der Waals surface area contributed by atoms with Crippen LogP contribution in [0.5, 0.6) is 0 Å². The SMILES string of the molecule is Clc1nc(NCCCn2ccnn2)nc(-n2cccn2)n1. The van der Waals surface area contributed by atoms with Gasteiger partial charge in [0.1, 0.15) is 0 Å². The number of halogens is 1. The first-order valence-electron chi connectivity index (χ1n) is 6.31. The summed E-state index contributed by atoms with van der Waals surface area (Å²) in [5.41, 5.74) is 0. The first kappa shape index (κ1) is 13.4. The summed E-state index contributed by atoms with van der Waals surface area (Å²) in [5, 5.41) is 14.9. The van der Waals surface area contributed by atoms with E-state index >= 15 is 0 Å². The van der Waals surface area contributed by atoms with E-state index < -0.39 is 0 Å². The monoisotopic (exact) mass is 305 g/mol. The minimum atomic E-state index is 0.120. The van der Waals surface area contributed by atoms with E-state index in [0.717, 1.165) is 13.0 Å². The average Bonchev–Trinajstić information content (AvgIpc) is 3.16.